The molecule has 0 spiro atoms. The third kappa shape index (κ3) is 3.61. The molecule has 1 aromatic rings. The van der Waals surface area contributed by atoms with Crippen molar-refractivity contribution in [3.63, 3.8) is 0 Å². The zero-order valence-electron chi connectivity index (χ0n) is 12.3. The number of nitrogens with zero attached hydrogens (tertiary/aromatic N) is 1. The fraction of sp³-hybridized carbons (Fsp3) is 0.500. The molecule has 1 aliphatic rings. The predicted molar refractivity (Wildman–Crippen MR) is 86.0 cm³/mol. The highest BCUT2D eigenvalue weighted by Crippen LogP contribution is 2.24. The Morgan fingerprint density at radius 1 is 1.27 bits per heavy atom. The van der Waals surface area contributed by atoms with Gasteiger partial charge in [-0.2, -0.15) is 4.31 Å². The molecule has 1 aromatic carbocycles. The second-order valence-corrected chi connectivity index (χ2v) is 8.84. The van der Waals surface area contributed by atoms with E-state index in [0.717, 1.165) is 0 Å². The molecule has 1 atom stereocenters. The number of rotatable bonds is 4. The molecule has 3 N–H and O–H groups in total. The topological polar surface area (TPSA) is 110 Å². The summed E-state index contributed by atoms with van der Waals surface area (Å²) < 4.78 is 52.1. The third-order valence-electron chi connectivity index (χ3n) is 3.53. The summed E-state index contributed by atoms with van der Waals surface area (Å²) in [6.45, 7) is 2.25. The number of halogens is 1. The quantitative estimate of drug-likeness (QED) is 0.779. The van der Waals surface area contributed by atoms with Crippen LogP contribution in [0.25, 0.3) is 0 Å². The second kappa shape index (κ2) is 6.81. The Hall–Kier alpha value is -0.710. The molecular formula is C12H20ClN3O4S2. The monoisotopic (exact) mass is 369 g/mol. The first-order valence-corrected chi connectivity index (χ1v) is 9.41. The summed E-state index contributed by atoms with van der Waals surface area (Å²) in [5, 5.41) is 0. The zero-order chi connectivity index (χ0) is 15.8. The van der Waals surface area contributed by atoms with Gasteiger partial charge in [0.15, 0.2) is 0 Å². The van der Waals surface area contributed by atoms with Crippen molar-refractivity contribution in [2.24, 2.45) is 5.73 Å². The van der Waals surface area contributed by atoms with Crippen LogP contribution in [0.5, 0.6) is 0 Å². The molecule has 7 nitrogen and oxygen atoms in total. The highest BCUT2D eigenvalue weighted by molar-refractivity contribution is 7.89. The van der Waals surface area contributed by atoms with Crippen LogP contribution in [0.15, 0.2) is 28.0 Å². The van der Waals surface area contributed by atoms with E-state index in [1.807, 2.05) is 0 Å². The summed E-state index contributed by atoms with van der Waals surface area (Å²) in [7, 11) is -5.91. The first kappa shape index (κ1) is 19.3. The fourth-order valence-electron chi connectivity index (χ4n) is 2.32. The highest BCUT2D eigenvalue weighted by Gasteiger charge is 2.31. The molecule has 0 unspecified atom stereocenters. The minimum Gasteiger partial charge on any atom is -0.326 e. The van der Waals surface area contributed by atoms with Crippen LogP contribution in [-0.2, 0) is 20.0 Å². The number of nitrogens with one attached hydrogen (secondary N) is 1. The molecule has 0 saturated carbocycles. The van der Waals surface area contributed by atoms with E-state index in [1.165, 1.54) is 29.6 Å². The number of sulfonamides is 2. The lowest BCUT2D eigenvalue weighted by Gasteiger charge is -2.17. The van der Waals surface area contributed by atoms with Gasteiger partial charge in [0.1, 0.15) is 0 Å². The first-order valence-electron chi connectivity index (χ1n) is 6.48. The average Bonchev–Trinajstić information content (AvgIpc) is 2.85. The van der Waals surface area contributed by atoms with Crippen LogP contribution in [0.2, 0.25) is 0 Å². The standard InChI is InChI=1S/C12H19N3O4S2.ClH/c1-9-7-11(3-4-12(9)20(16,17)14-2)21(18,19)15-6-5-10(13)8-15;/h3-4,7,10,14H,5-6,8,13H2,1-2H3;1H/t10-;/m1./s1. The van der Waals surface area contributed by atoms with Crippen LogP contribution in [0.1, 0.15) is 12.0 Å². The van der Waals surface area contributed by atoms with Crippen LogP contribution < -0.4 is 10.5 Å². The molecule has 2 rings (SSSR count). The van der Waals surface area contributed by atoms with Gasteiger partial charge in [0, 0.05) is 19.1 Å². The lowest BCUT2D eigenvalue weighted by Crippen LogP contribution is -2.32. The molecule has 126 valence electrons. The summed E-state index contributed by atoms with van der Waals surface area (Å²) in [5.74, 6) is 0. The third-order valence-corrected chi connectivity index (χ3v) is 6.97. The van der Waals surface area contributed by atoms with E-state index in [9.17, 15) is 16.8 Å². The van der Waals surface area contributed by atoms with Gasteiger partial charge in [0.25, 0.3) is 0 Å². The average molecular weight is 370 g/mol. The SMILES string of the molecule is CNS(=O)(=O)c1ccc(S(=O)(=O)N2CC[C@@H](N)C2)cc1C.Cl. The van der Waals surface area contributed by atoms with Gasteiger partial charge >= 0.3 is 0 Å². The van der Waals surface area contributed by atoms with E-state index in [1.54, 1.807) is 6.92 Å². The fourth-order valence-corrected chi connectivity index (χ4v) is 4.86. The smallest absolute Gasteiger partial charge is 0.243 e. The predicted octanol–water partition coefficient (Wildman–Crippen LogP) is 0.0466. The molecule has 1 heterocycles. The van der Waals surface area contributed by atoms with Crippen molar-refractivity contribution in [2.45, 2.75) is 29.2 Å². The lowest BCUT2D eigenvalue weighted by molar-refractivity contribution is 0.472. The Kier molecular flexibility index (Phi) is 5.99. The minimum atomic E-state index is -3.62. The minimum absolute atomic E-state index is 0. The molecule has 1 saturated heterocycles. The molecule has 0 aromatic heterocycles. The maximum absolute atomic E-state index is 12.5. The number of hydrogen-bond donors (Lipinski definition) is 2. The van der Waals surface area contributed by atoms with Crippen LogP contribution in [0.4, 0.5) is 0 Å². The molecular weight excluding hydrogens is 350 g/mol. The van der Waals surface area contributed by atoms with Gasteiger partial charge in [0.2, 0.25) is 20.0 Å². The molecule has 1 aliphatic heterocycles. The van der Waals surface area contributed by atoms with Crippen molar-refractivity contribution < 1.29 is 16.8 Å². The first-order chi connectivity index (χ1) is 9.68. The normalized spacial score (nSPS) is 19.9. The molecule has 10 heteroatoms. The zero-order valence-corrected chi connectivity index (χ0v) is 14.8. The van der Waals surface area contributed by atoms with E-state index in [4.69, 9.17) is 5.73 Å². The highest BCUT2D eigenvalue weighted by atomic mass is 35.5. The Bertz CT molecular complexity index is 750. The molecule has 22 heavy (non-hydrogen) atoms. The molecule has 0 aliphatic carbocycles. The maximum Gasteiger partial charge on any atom is 0.243 e. The van der Waals surface area contributed by atoms with Gasteiger partial charge in [-0.3, -0.25) is 0 Å². The Morgan fingerprint density at radius 2 is 1.91 bits per heavy atom. The van der Waals surface area contributed by atoms with Gasteiger partial charge < -0.3 is 5.73 Å². The van der Waals surface area contributed by atoms with E-state index < -0.39 is 20.0 Å². The molecule has 0 bridgehead atoms. The number of hydrogen-bond acceptors (Lipinski definition) is 5. The Labute approximate surface area is 137 Å². The van der Waals surface area contributed by atoms with E-state index >= 15 is 0 Å². The number of aryl methyl sites for hydroxylation is 1. The van der Waals surface area contributed by atoms with Gasteiger partial charge in [-0.05, 0) is 44.2 Å². The van der Waals surface area contributed by atoms with Crippen molar-refractivity contribution in [3.8, 4) is 0 Å². The van der Waals surface area contributed by atoms with Crippen molar-refractivity contribution in [3.05, 3.63) is 23.8 Å². The van der Waals surface area contributed by atoms with Crippen LogP contribution in [0, 0.1) is 6.92 Å². The summed E-state index contributed by atoms with van der Waals surface area (Å²) in [6.07, 6.45) is 0.629. The maximum atomic E-state index is 12.5. The van der Waals surface area contributed by atoms with Gasteiger partial charge in [-0.25, -0.2) is 21.6 Å². The summed E-state index contributed by atoms with van der Waals surface area (Å²) in [4.78, 5) is 0.159. The van der Waals surface area contributed by atoms with Gasteiger partial charge in [-0.15, -0.1) is 12.4 Å². The van der Waals surface area contributed by atoms with Crippen LogP contribution in [0.3, 0.4) is 0 Å². The van der Waals surface area contributed by atoms with E-state index in [0.29, 0.717) is 18.5 Å². The van der Waals surface area contributed by atoms with Gasteiger partial charge in [-0.1, -0.05) is 0 Å². The van der Waals surface area contributed by atoms with Crippen LogP contribution >= 0.6 is 12.4 Å². The molecule has 0 radical (unpaired) electrons. The van der Waals surface area contributed by atoms with Crippen molar-refractivity contribution in [1.82, 2.24) is 9.03 Å². The molecule has 0 amide bonds. The Balaban J connectivity index is 0.00000242. The van der Waals surface area contributed by atoms with E-state index in [-0.39, 0.29) is 34.8 Å². The van der Waals surface area contributed by atoms with E-state index in [2.05, 4.69) is 4.72 Å². The van der Waals surface area contributed by atoms with Gasteiger partial charge in [0.05, 0.1) is 9.79 Å². The summed E-state index contributed by atoms with van der Waals surface area (Å²) in [6, 6.07) is 3.86. The second-order valence-electron chi connectivity index (χ2n) is 5.05. The van der Waals surface area contributed by atoms with Crippen molar-refractivity contribution in [1.29, 1.82) is 0 Å². The lowest BCUT2D eigenvalue weighted by atomic mass is 10.2. The van der Waals surface area contributed by atoms with Crippen molar-refractivity contribution in [2.75, 3.05) is 20.1 Å². The summed E-state index contributed by atoms with van der Waals surface area (Å²) >= 11 is 0. The number of nitrogens with two attached hydrogens (primary N) is 1. The van der Waals surface area contributed by atoms with Crippen molar-refractivity contribution >= 4 is 32.5 Å². The largest absolute Gasteiger partial charge is 0.326 e. The molecule has 1 fully saturated rings. The van der Waals surface area contributed by atoms with Crippen LogP contribution in [-0.4, -0.2) is 47.3 Å². The number of benzene rings is 1. The summed E-state index contributed by atoms with van der Waals surface area (Å²) in [5.41, 5.74) is 6.12. The Morgan fingerprint density at radius 3 is 2.36 bits per heavy atom.